The zero-order valence-corrected chi connectivity index (χ0v) is 13.6. The van der Waals surface area contributed by atoms with Crippen LogP contribution in [-0.2, 0) is 4.74 Å². The highest BCUT2D eigenvalue weighted by Crippen LogP contribution is 2.20. The molecule has 1 aromatic heterocycles. The maximum atomic E-state index is 12.0. The van der Waals surface area contributed by atoms with E-state index in [1.54, 1.807) is 31.3 Å². The van der Waals surface area contributed by atoms with E-state index in [1.165, 1.54) is 0 Å². The fourth-order valence-electron chi connectivity index (χ4n) is 2.15. The van der Waals surface area contributed by atoms with Crippen molar-refractivity contribution in [2.24, 2.45) is 0 Å². The third-order valence-electron chi connectivity index (χ3n) is 3.30. The van der Waals surface area contributed by atoms with E-state index in [-0.39, 0.29) is 5.97 Å². The normalized spacial score (nSPS) is 10.2. The number of benzene rings is 1. The molecule has 2 rings (SSSR count). The van der Waals surface area contributed by atoms with Crippen molar-refractivity contribution in [3.8, 4) is 0 Å². The maximum Gasteiger partial charge on any atom is 0.340 e. The van der Waals surface area contributed by atoms with Crippen LogP contribution in [0.4, 0.5) is 17.5 Å². The van der Waals surface area contributed by atoms with E-state index in [4.69, 9.17) is 4.74 Å². The van der Waals surface area contributed by atoms with Crippen molar-refractivity contribution in [2.45, 2.75) is 20.8 Å². The van der Waals surface area contributed by atoms with Crippen LogP contribution in [-0.4, -0.2) is 40.8 Å². The molecule has 0 atom stereocenters. The second-order valence-corrected chi connectivity index (χ2v) is 4.70. The lowest BCUT2D eigenvalue weighted by Gasteiger charge is -2.19. The number of carbonyl (C=O) groups is 1. The monoisotopic (exact) mass is 315 g/mol. The highest BCUT2D eigenvalue weighted by Gasteiger charge is 2.13. The van der Waals surface area contributed by atoms with Gasteiger partial charge in [-0.1, -0.05) is 12.1 Å². The van der Waals surface area contributed by atoms with Gasteiger partial charge in [0.15, 0.2) is 5.82 Å². The molecule has 0 unspecified atom stereocenters. The third kappa shape index (κ3) is 4.15. The van der Waals surface area contributed by atoms with Gasteiger partial charge in [-0.15, -0.1) is 5.10 Å². The maximum absolute atomic E-state index is 12.0. The summed E-state index contributed by atoms with van der Waals surface area (Å²) in [6, 6.07) is 7.08. The van der Waals surface area contributed by atoms with Crippen molar-refractivity contribution in [3.63, 3.8) is 0 Å². The number of para-hydroxylation sites is 1. The van der Waals surface area contributed by atoms with Gasteiger partial charge in [0.1, 0.15) is 0 Å². The van der Waals surface area contributed by atoms with Gasteiger partial charge >= 0.3 is 5.97 Å². The van der Waals surface area contributed by atoms with Gasteiger partial charge in [-0.25, -0.2) is 4.79 Å². The number of esters is 1. The summed E-state index contributed by atoms with van der Waals surface area (Å²) < 4.78 is 5.06. The number of anilines is 3. The SMILES string of the molecule is CCOC(=O)c1ccccc1Nc1nncc(N(CC)CC)n1. The van der Waals surface area contributed by atoms with Gasteiger partial charge in [-0.3, -0.25) is 0 Å². The van der Waals surface area contributed by atoms with Crippen LogP contribution < -0.4 is 10.2 Å². The van der Waals surface area contributed by atoms with Gasteiger partial charge in [0.05, 0.1) is 24.1 Å². The number of rotatable bonds is 7. The third-order valence-corrected chi connectivity index (χ3v) is 3.30. The van der Waals surface area contributed by atoms with E-state index in [9.17, 15) is 4.79 Å². The summed E-state index contributed by atoms with van der Waals surface area (Å²) in [6.07, 6.45) is 1.62. The number of aromatic nitrogens is 3. The molecule has 7 heteroatoms. The van der Waals surface area contributed by atoms with Gasteiger partial charge < -0.3 is 15.0 Å². The molecular weight excluding hydrogens is 294 g/mol. The van der Waals surface area contributed by atoms with Crippen molar-refractivity contribution in [2.75, 3.05) is 29.9 Å². The van der Waals surface area contributed by atoms with E-state index in [0.717, 1.165) is 18.9 Å². The Bertz CT molecular complexity index is 658. The smallest absolute Gasteiger partial charge is 0.340 e. The first-order chi connectivity index (χ1) is 11.2. The lowest BCUT2D eigenvalue weighted by molar-refractivity contribution is 0.0527. The molecule has 7 nitrogen and oxygen atoms in total. The van der Waals surface area contributed by atoms with E-state index in [2.05, 4.69) is 39.2 Å². The predicted octanol–water partition coefficient (Wildman–Crippen LogP) is 2.64. The van der Waals surface area contributed by atoms with Crippen LogP contribution in [0.15, 0.2) is 30.5 Å². The van der Waals surface area contributed by atoms with Gasteiger partial charge in [0, 0.05) is 13.1 Å². The van der Waals surface area contributed by atoms with Crippen molar-refractivity contribution >= 4 is 23.4 Å². The molecule has 23 heavy (non-hydrogen) atoms. The number of hydrogen-bond donors (Lipinski definition) is 1. The molecular formula is C16H21N5O2. The zero-order valence-electron chi connectivity index (χ0n) is 13.6. The molecule has 0 aliphatic heterocycles. The van der Waals surface area contributed by atoms with Gasteiger partial charge in [0.2, 0.25) is 5.95 Å². The van der Waals surface area contributed by atoms with Gasteiger partial charge in [-0.2, -0.15) is 10.1 Å². The Labute approximate surface area is 135 Å². The summed E-state index contributed by atoms with van der Waals surface area (Å²) in [5.74, 6) is 0.690. The molecule has 0 aliphatic carbocycles. The number of hydrogen-bond acceptors (Lipinski definition) is 7. The first-order valence-electron chi connectivity index (χ1n) is 7.67. The second-order valence-electron chi connectivity index (χ2n) is 4.70. The van der Waals surface area contributed by atoms with Crippen LogP contribution in [0, 0.1) is 0 Å². The molecule has 0 radical (unpaired) electrons. The lowest BCUT2D eigenvalue weighted by Crippen LogP contribution is -2.23. The lowest BCUT2D eigenvalue weighted by atomic mass is 10.2. The van der Waals surface area contributed by atoms with E-state index >= 15 is 0 Å². The molecule has 1 N–H and O–H groups in total. The minimum absolute atomic E-state index is 0.322. The fraction of sp³-hybridized carbons (Fsp3) is 0.375. The first kappa shape index (κ1) is 16.7. The molecule has 1 heterocycles. The molecule has 0 fully saturated rings. The zero-order chi connectivity index (χ0) is 16.7. The summed E-state index contributed by atoms with van der Waals surface area (Å²) >= 11 is 0. The van der Waals surface area contributed by atoms with Crippen LogP contribution in [0.1, 0.15) is 31.1 Å². The first-order valence-corrected chi connectivity index (χ1v) is 7.67. The quantitative estimate of drug-likeness (QED) is 0.787. The Morgan fingerprint density at radius 1 is 1.22 bits per heavy atom. The van der Waals surface area contributed by atoms with E-state index in [1.807, 2.05) is 6.07 Å². The van der Waals surface area contributed by atoms with Crippen LogP contribution in [0.2, 0.25) is 0 Å². The number of nitrogens with zero attached hydrogens (tertiary/aromatic N) is 4. The minimum Gasteiger partial charge on any atom is -0.462 e. The molecule has 0 bridgehead atoms. The van der Waals surface area contributed by atoms with Crippen LogP contribution in [0.5, 0.6) is 0 Å². The average Bonchev–Trinajstić information content (AvgIpc) is 2.57. The predicted molar refractivity (Wildman–Crippen MR) is 89.1 cm³/mol. The minimum atomic E-state index is -0.386. The molecule has 122 valence electrons. The van der Waals surface area contributed by atoms with Crippen molar-refractivity contribution in [3.05, 3.63) is 36.0 Å². The summed E-state index contributed by atoms with van der Waals surface area (Å²) in [7, 11) is 0. The van der Waals surface area contributed by atoms with Gasteiger partial charge in [-0.05, 0) is 32.9 Å². The molecule has 0 aliphatic rings. The largest absolute Gasteiger partial charge is 0.462 e. The summed E-state index contributed by atoms with van der Waals surface area (Å²) in [5.41, 5.74) is 1.02. The van der Waals surface area contributed by atoms with Gasteiger partial charge in [0.25, 0.3) is 0 Å². The molecule has 1 aromatic carbocycles. The standard InChI is InChI=1S/C16H21N5O2/c1-4-21(5-2)14-11-17-20-16(19-14)18-13-10-8-7-9-12(13)15(22)23-6-3/h7-11H,4-6H2,1-3H3,(H,18,19,20). The summed E-state index contributed by atoms with van der Waals surface area (Å²) in [6.45, 7) is 7.85. The van der Waals surface area contributed by atoms with Crippen LogP contribution in [0.3, 0.4) is 0 Å². The second kappa shape index (κ2) is 8.07. The van der Waals surface area contributed by atoms with Crippen molar-refractivity contribution in [1.82, 2.24) is 15.2 Å². The van der Waals surface area contributed by atoms with E-state index < -0.39 is 0 Å². The number of ether oxygens (including phenoxy) is 1. The highest BCUT2D eigenvalue weighted by atomic mass is 16.5. The molecule has 0 saturated heterocycles. The Balaban J connectivity index is 2.26. The molecule has 0 saturated carbocycles. The number of nitrogens with one attached hydrogen (secondary N) is 1. The Morgan fingerprint density at radius 2 is 1.96 bits per heavy atom. The Kier molecular flexibility index (Phi) is 5.85. The average molecular weight is 315 g/mol. The fourth-order valence-corrected chi connectivity index (χ4v) is 2.15. The van der Waals surface area contributed by atoms with Crippen molar-refractivity contribution < 1.29 is 9.53 Å². The molecule has 0 amide bonds. The highest BCUT2D eigenvalue weighted by molar-refractivity contribution is 5.96. The van der Waals surface area contributed by atoms with Crippen LogP contribution >= 0.6 is 0 Å². The summed E-state index contributed by atoms with van der Waals surface area (Å²) in [5, 5.41) is 11.0. The van der Waals surface area contributed by atoms with Crippen LogP contribution in [0.25, 0.3) is 0 Å². The summed E-state index contributed by atoms with van der Waals surface area (Å²) in [4.78, 5) is 18.5. The van der Waals surface area contributed by atoms with E-state index in [0.29, 0.717) is 23.8 Å². The van der Waals surface area contributed by atoms with Crippen molar-refractivity contribution in [1.29, 1.82) is 0 Å². The molecule has 2 aromatic rings. The Hall–Kier alpha value is -2.70. The topological polar surface area (TPSA) is 80.2 Å². The molecule has 0 spiro atoms. The number of carbonyl (C=O) groups excluding carboxylic acids is 1. The Morgan fingerprint density at radius 3 is 2.65 bits per heavy atom.